The Kier molecular flexibility index (Phi) is 16.1. The number of benzene rings is 14. The molecule has 14 aromatic rings. The lowest BCUT2D eigenvalue weighted by molar-refractivity contribution is 0.349. The SMILES string of the molecule is C=Cc1ccc(Oc2ccc(C3(c4cccc(F)c4)c4ccccc4-c4ccc(N(c5ccc(F)c(F)c5)c5ccc6c(c5)C5(CC6(C)C)CC(C)(C)c6ccc(N(c7ccc(F)c(F)c7)c7ccc8c(c7)C(c7ccc(Oc9ccc(C=C)cc9)cc7)(c7cccc(F)c7)c7ccccc7-8)cc65)cc43)cc2)cc1. The molecule has 0 aliphatic heterocycles. The average Bonchev–Trinajstić information content (AvgIpc) is 1.53. The lowest BCUT2D eigenvalue weighted by Crippen LogP contribution is -2.29. The fraction of sp³-hybridized carbons (Fsp3) is 0.111. The predicted octanol–water partition coefficient (Wildman–Crippen LogP) is 26.7. The topological polar surface area (TPSA) is 24.9 Å². The van der Waals surface area contributed by atoms with Gasteiger partial charge in [0.15, 0.2) is 23.3 Å². The van der Waals surface area contributed by atoms with Gasteiger partial charge in [0, 0.05) is 51.7 Å². The van der Waals surface area contributed by atoms with E-state index in [1.54, 1.807) is 48.6 Å². The third kappa shape index (κ3) is 11.0. The van der Waals surface area contributed by atoms with Gasteiger partial charge in [-0.3, -0.25) is 0 Å². The summed E-state index contributed by atoms with van der Waals surface area (Å²) in [4.78, 5) is 3.97. The number of halogens is 6. The first kappa shape index (κ1) is 68.2. The molecular formula is C99H72F6N2O2. The van der Waals surface area contributed by atoms with Gasteiger partial charge in [0.25, 0.3) is 0 Å². The Balaban J connectivity index is 0.797. The minimum Gasteiger partial charge on any atom is -0.457 e. The van der Waals surface area contributed by atoms with Crippen molar-refractivity contribution >= 4 is 46.3 Å². The number of nitrogens with zero attached hydrogens (tertiary/aromatic N) is 2. The summed E-state index contributed by atoms with van der Waals surface area (Å²) in [5.74, 6) is -2.34. The van der Waals surface area contributed by atoms with Gasteiger partial charge < -0.3 is 19.3 Å². The van der Waals surface area contributed by atoms with Crippen molar-refractivity contribution in [2.45, 2.75) is 67.6 Å². The Morgan fingerprint density at radius 2 is 0.615 bits per heavy atom. The minimum absolute atomic E-state index is 0.368. The Morgan fingerprint density at radius 3 is 0.982 bits per heavy atom. The van der Waals surface area contributed by atoms with Gasteiger partial charge in [-0.2, -0.15) is 0 Å². The second kappa shape index (κ2) is 25.8. The Bertz CT molecular complexity index is 5660. The van der Waals surface area contributed by atoms with Crippen molar-refractivity contribution in [3.8, 4) is 45.3 Å². The van der Waals surface area contributed by atoms with E-state index in [0.717, 1.165) is 101 Å². The van der Waals surface area contributed by atoms with Crippen LogP contribution in [-0.2, 0) is 27.1 Å². The first-order valence-electron chi connectivity index (χ1n) is 36.6. The average molecular weight is 1440 g/mol. The van der Waals surface area contributed by atoms with E-state index in [1.807, 2.05) is 155 Å². The summed E-state index contributed by atoms with van der Waals surface area (Å²) in [5.41, 5.74) is 16.3. The minimum atomic E-state index is -1.11. The quantitative estimate of drug-likeness (QED) is 0.0900. The molecule has 0 aromatic heterocycles. The lowest BCUT2D eigenvalue weighted by Gasteiger charge is -2.35. The predicted molar refractivity (Wildman–Crippen MR) is 426 cm³/mol. The van der Waals surface area contributed by atoms with E-state index in [9.17, 15) is 0 Å². The highest BCUT2D eigenvalue weighted by molar-refractivity contribution is 5.92. The van der Waals surface area contributed by atoms with E-state index < -0.39 is 62.0 Å². The van der Waals surface area contributed by atoms with E-state index in [1.165, 1.54) is 24.3 Å². The first-order chi connectivity index (χ1) is 52.8. The summed E-state index contributed by atoms with van der Waals surface area (Å²) < 4.78 is 109. The van der Waals surface area contributed by atoms with Crippen LogP contribution in [0.2, 0.25) is 0 Å². The van der Waals surface area contributed by atoms with Crippen LogP contribution < -0.4 is 19.3 Å². The zero-order valence-electron chi connectivity index (χ0n) is 60.3. The molecule has 0 saturated heterocycles. The van der Waals surface area contributed by atoms with Gasteiger partial charge in [-0.1, -0.05) is 199 Å². The summed E-state index contributed by atoms with van der Waals surface area (Å²) in [6, 6.07) is 94.4. The lowest BCUT2D eigenvalue weighted by atomic mass is 9.67. The van der Waals surface area contributed by atoms with Crippen molar-refractivity contribution in [2.24, 2.45) is 0 Å². The van der Waals surface area contributed by atoms with Gasteiger partial charge >= 0.3 is 0 Å². The molecule has 532 valence electrons. The Labute approximate surface area is 630 Å². The molecule has 0 bridgehead atoms. The molecule has 1 spiro atoms. The Hall–Kier alpha value is -12.7. The zero-order chi connectivity index (χ0) is 74.9. The summed E-state index contributed by atoms with van der Waals surface area (Å²) in [7, 11) is 0. The van der Waals surface area contributed by atoms with Gasteiger partial charge in [0.05, 0.1) is 10.8 Å². The molecule has 4 aliphatic carbocycles. The van der Waals surface area contributed by atoms with E-state index in [0.29, 0.717) is 81.1 Å². The monoisotopic (exact) mass is 1430 g/mol. The standard InChI is InChI=1S/C99H72F6N2O2/c1-7-61-23-37-75(38-24-61)108-77-41-27-63(28-42-77)98(65-15-13-17-67(100)51-65)83-21-11-9-19-79(83)81-45-31-69(53-87(81)98)106(73-35-49-91(102)93(104)57-73)71-33-47-85-89(55-71)97(59-95(85,3)4)60-96(5,6)86-48-34-72(56-90(86)97)107(74-36-50-92(103)94(105)58-74)70-32-46-82-80-20-10-12-22-84(80)99(88(82)54-70,66-16-14-18-68(101)52-66)64-29-43-78(44-30-64)109-76-39-25-62(8-2)26-40-76/h7-58H,1-2,59-60H2,3-6H3. The van der Waals surface area contributed by atoms with Gasteiger partial charge in [-0.05, 0) is 269 Å². The normalized spacial score (nSPS) is 17.7. The molecule has 0 fully saturated rings. The van der Waals surface area contributed by atoms with Gasteiger partial charge in [-0.25, -0.2) is 26.3 Å². The molecule has 2 unspecified atom stereocenters. The van der Waals surface area contributed by atoms with E-state index in [4.69, 9.17) is 9.47 Å². The molecule has 14 aromatic carbocycles. The van der Waals surface area contributed by atoms with Crippen molar-refractivity contribution in [1.29, 1.82) is 0 Å². The molecule has 4 aliphatic rings. The number of fused-ring (bicyclic) bond motifs is 10. The highest BCUT2D eigenvalue weighted by Crippen LogP contribution is 2.66. The number of ether oxygens (including phenoxy) is 2. The highest BCUT2D eigenvalue weighted by Gasteiger charge is 2.57. The fourth-order valence-corrected chi connectivity index (χ4v) is 18.7. The van der Waals surface area contributed by atoms with Crippen LogP contribution in [-0.4, -0.2) is 0 Å². The van der Waals surface area contributed by atoms with Crippen molar-refractivity contribution in [2.75, 3.05) is 9.80 Å². The van der Waals surface area contributed by atoms with Crippen LogP contribution in [0.25, 0.3) is 34.4 Å². The van der Waals surface area contributed by atoms with Gasteiger partial charge in [-0.15, -0.1) is 0 Å². The van der Waals surface area contributed by atoms with Crippen LogP contribution in [0.15, 0.2) is 316 Å². The Morgan fingerprint density at radius 1 is 0.284 bits per heavy atom. The summed E-state index contributed by atoms with van der Waals surface area (Å²) in [5, 5.41) is 0. The second-order valence-electron chi connectivity index (χ2n) is 30.4. The molecule has 0 amide bonds. The third-order valence-electron chi connectivity index (χ3n) is 23.2. The smallest absolute Gasteiger partial charge is 0.160 e. The molecular weight excluding hydrogens is 1360 g/mol. The van der Waals surface area contributed by atoms with Gasteiger partial charge in [0.1, 0.15) is 34.6 Å². The fourth-order valence-electron chi connectivity index (χ4n) is 18.7. The summed E-state index contributed by atoms with van der Waals surface area (Å²) >= 11 is 0. The van der Waals surface area contributed by atoms with Crippen LogP contribution in [0.5, 0.6) is 23.0 Å². The van der Waals surface area contributed by atoms with Crippen LogP contribution in [0.3, 0.4) is 0 Å². The third-order valence-corrected chi connectivity index (χ3v) is 23.2. The summed E-state index contributed by atoms with van der Waals surface area (Å²) in [6.45, 7) is 16.9. The molecule has 10 heteroatoms. The van der Waals surface area contributed by atoms with Crippen LogP contribution in [0.4, 0.5) is 60.5 Å². The largest absolute Gasteiger partial charge is 0.457 e. The van der Waals surface area contributed by atoms with Crippen LogP contribution >= 0.6 is 0 Å². The van der Waals surface area contributed by atoms with Crippen molar-refractivity contribution in [3.63, 3.8) is 0 Å². The molecule has 0 N–H and O–H groups in total. The molecule has 0 saturated carbocycles. The van der Waals surface area contributed by atoms with E-state index >= 15 is 26.3 Å². The van der Waals surface area contributed by atoms with E-state index in [2.05, 4.69) is 126 Å². The number of rotatable bonds is 16. The first-order valence-corrected chi connectivity index (χ1v) is 36.6. The van der Waals surface area contributed by atoms with Crippen LogP contribution in [0.1, 0.15) is 118 Å². The molecule has 109 heavy (non-hydrogen) atoms. The van der Waals surface area contributed by atoms with E-state index in [-0.39, 0.29) is 0 Å². The molecule has 4 nitrogen and oxygen atoms in total. The maximum atomic E-state index is 16.3. The maximum absolute atomic E-state index is 16.3. The second-order valence-corrected chi connectivity index (χ2v) is 30.4. The van der Waals surface area contributed by atoms with Crippen LogP contribution in [0, 0.1) is 34.9 Å². The molecule has 0 radical (unpaired) electrons. The summed E-state index contributed by atoms with van der Waals surface area (Å²) in [6.07, 6.45) is 4.93. The maximum Gasteiger partial charge on any atom is 0.160 e. The zero-order valence-corrected chi connectivity index (χ0v) is 60.3. The van der Waals surface area contributed by atoms with Crippen molar-refractivity contribution in [3.05, 3.63) is 429 Å². The number of hydrogen-bond acceptors (Lipinski definition) is 4. The number of anilines is 6. The molecule has 0 heterocycles. The molecule has 18 rings (SSSR count). The molecule has 2 atom stereocenters. The van der Waals surface area contributed by atoms with Crippen molar-refractivity contribution < 1.29 is 35.8 Å². The highest BCUT2D eigenvalue weighted by atomic mass is 19.2. The number of hydrogen-bond donors (Lipinski definition) is 0. The van der Waals surface area contributed by atoms with Gasteiger partial charge in [0.2, 0.25) is 0 Å². The van der Waals surface area contributed by atoms with Crippen molar-refractivity contribution in [1.82, 2.24) is 0 Å².